The van der Waals surface area contributed by atoms with Crippen LogP contribution >= 0.6 is 0 Å². The van der Waals surface area contributed by atoms with Crippen LogP contribution in [0.15, 0.2) is 0 Å². The van der Waals surface area contributed by atoms with Crippen molar-refractivity contribution < 1.29 is 40.3 Å². The highest BCUT2D eigenvalue weighted by Gasteiger charge is 2.61. The van der Waals surface area contributed by atoms with Gasteiger partial charge in [0, 0.05) is 0 Å². The van der Waals surface area contributed by atoms with Crippen molar-refractivity contribution >= 4 is 14.3 Å². The molecule has 10 heteroatoms. The van der Waals surface area contributed by atoms with Crippen LogP contribution in [0.2, 0.25) is 16.6 Å². The van der Waals surface area contributed by atoms with E-state index in [9.17, 15) is 31.1 Å². The van der Waals surface area contributed by atoms with Crippen molar-refractivity contribution in [1.29, 1.82) is 0 Å². The number of hydrogen-bond donors (Lipinski definition) is 0. The molecule has 0 bridgehead atoms. The second kappa shape index (κ2) is 8.30. The Bertz CT molecular complexity index is 480. The summed E-state index contributed by atoms with van der Waals surface area (Å²) >= 11 is 0. The first-order valence-corrected chi connectivity index (χ1v) is 11.2. The van der Waals surface area contributed by atoms with Crippen LogP contribution in [-0.4, -0.2) is 38.8 Å². The summed E-state index contributed by atoms with van der Waals surface area (Å²) in [6.45, 7) is 12.0. The summed E-state index contributed by atoms with van der Waals surface area (Å²) in [6.07, 6.45) is -15.6. The van der Waals surface area contributed by atoms with E-state index in [1.54, 1.807) is 0 Å². The van der Waals surface area contributed by atoms with E-state index >= 15 is 0 Å². The van der Waals surface area contributed by atoms with E-state index in [-0.39, 0.29) is 23.0 Å². The maximum Gasteiger partial charge on any atom is 0.434 e. The molecule has 1 aliphatic carbocycles. The summed E-state index contributed by atoms with van der Waals surface area (Å²) in [7, 11) is -2.41. The summed E-state index contributed by atoms with van der Waals surface area (Å²) < 4.78 is 85.9. The molecule has 0 aromatic carbocycles. The standard InChI is InChI=1S/C17H28F6O3Si/c1-9(2)27(10(3)4,11(5)6)26-13-8-7-12(13)14(24)25-15(16(18,19)20)17(21,22)23/h9-13,15H,7-8H2,1-6H3/t12-,13-/m0/s1. The van der Waals surface area contributed by atoms with Gasteiger partial charge in [0.2, 0.25) is 8.32 Å². The Balaban J connectivity index is 2.96. The molecular formula is C17H28F6O3Si. The molecule has 0 unspecified atom stereocenters. The third-order valence-corrected chi connectivity index (χ3v) is 11.5. The van der Waals surface area contributed by atoms with Gasteiger partial charge in [-0.1, -0.05) is 41.5 Å². The molecule has 0 spiro atoms. The van der Waals surface area contributed by atoms with E-state index in [1.165, 1.54) is 0 Å². The summed E-state index contributed by atoms with van der Waals surface area (Å²) in [5.41, 5.74) is 0.522. The molecule has 3 nitrogen and oxygen atoms in total. The number of hydrogen-bond acceptors (Lipinski definition) is 3. The van der Waals surface area contributed by atoms with Crippen LogP contribution in [0.4, 0.5) is 26.3 Å². The summed E-state index contributed by atoms with van der Waals surface area (Å²) in [6, 6.07) is 0. The maximum atomic E-state index is 12.6. The zero-order chi connectivity index (χ0) is 21.4. The van der Waals surface area contributed by atoms with Gasteiger partial charge in [0.05, 0.1) is 12.0 Å². The highest BCUT2D eigenvalue weighted by atomic mass is 28.4. The number of carbonyl (C=O) groups is 1. The molecule has 0 aromatic heterocycles. The molecular weight excluding hydrogens is 394 g/mol. The minimum Gasteiger partial charge on any atom is -0.442 e. The lowest BCUT2D eigenvalue weighted by Gasteiger charge is -2.48. The molecule has 0 saturated heterocycles. The van der Waals surface area contributed by atoms with E-state index in [4.69, 9.17) is 4.43 Å². The lowest BCUT2D eigenvalue weighted by atomic mass is 9.82. The molecule has 160 valence electrons. The van der Waals surface area contributed by atoms with Gasteiger partial charge in [-0.05, 0) is 29.5 Å². The number of alkyl halides is 6. The molecule has 0 amide bonds. The number of rotatable bonds is 7. The van der Waals surface area contributed by atoms with E-state index in [2.05, 4.69) is 4.74 Å². The lowest BCUT2D eigenvalue weighted by Crippen LogP contribution is -2.56. The van der Waals surface area contributed by atoms with E-state index in [0.717, 1.165) is 0 Å². The Morgan fingerprint density at radius 3 is 1.52 bits per heavy atom. The fraction of sp³-hybridized carbons (Fsp3) is 0.941. The third-order valence-electron chi connectivity index (χ3n) is 5.40. The Kier molecular flexibility index (Phi) is 7.46. The van der Waals surface area contributed by atoms with Gasteiger partial charge in [0.25, 0.3) is 6.10 Å². The number of esters is 1. The second-order valence-corrected chi connectivity index (χ2v) is 13.5. The molecule has 0 N–H and O–H groups in total. The van der Waals surface area contributed by atoms with Crippen LogP contribution in [0.1, 0.15) is 54.4 Å². The van der Waals surface area contributed by atoms with Gasteiger partial charge in [-0.25, -0.2) is 0 Å². The van der Waals surface area contributed by atoms with Gasteiger partial charge in [-0.3, -0.25) is 4.79 Å². The Morgan fingerprint density at radius 1 is 0.852 bits per heavy atom. The lowest BCUT2D eigenvalue weighted by molar-refractivity contribution is -0.315. The number of carbonyl (C=O) groups excluding carboxylic acids is 1. The first kappa shape index (κ1) is 24.3. The first-order chi connectivity index (χ1) is 12.0. The van der Waals surface area contributed by atoms with E-state index in [0.29, 0.717) is 6.42 Å². The van der Waals surface area contributed by atoms with E-state index < -0.39 is 44.8 Å². The predicted molar refractivity (Wildman–Crippen MR) is 90.6 cm³/mol. The van der Waals surface area contributed by atoms with Crippen molar-refractivity contribution in [3.8, 4) is 0 Å². The summed E-state index contributed by atoms with van der Waals surface area (Å²) in [4.78, 5) is 12.0. The van der Waals surface area contributed by atoms with E-state index in [1.807, 2.05) is 41.5 Å². The van der Waals surface area contributed by atoms with Crippen molar-refractivity contribution in [2.24, 2.45) is 5.92 Å². The largest absolute Gasteiger partial charge is 0.442 e. The van der Waals surface area contributed by atoms with Crippen molar-refractivity contribution in [1.82, 2.24) is 0 Å². The average molecular weight is 422 g/mol. The van der Waals surface area contributed by atoms with Crippen molar-refractivity contribution in [3.05, 3.63) is 0 Å². The van der Waals surface area contributed by atoms with Crippen molar-refractivity contribution in [3.63, 3.8) is 0 Å². The predicted octanol–water partition coefficient (Wildman–Crippen LogP) is 5.99. The van der Waals surface area contributed by atoms with Crippen molar-refractivity contribution in [2.75, 3.05) is 0 Å². The maximum absolute atomic E-state index is 12.6. The number of ether oxygens (including phenoxy) is 1. The summed E-state index contributed by atoms with van der Waals surface area (Å²) in [5.74, 6) is -2.59. The fourth-order valence-corrected chi connectivity index (χ4v) is 9.70. The number of halogens is 6. The summed E-state index contributed by atoms with van der Waals surface area (Å²) in [5, 5.41) is 0. The first-order valence-electron chi connectivity index (χ1n) is 9.06. The molecule has 27 heavy (non-hydrogen) atoms. The highest BCUT2D eigenvalue weighted by Crippen LogP contribution is 2.47. The molecule has 0 aliphatic heterocycles. The Hall–Kier alpha value is -0.773. The van der Waals surface area contributed by atoms with Gasteiger partial charge in [-0.2, -0.15) is 26.3 Å². The molecule has 1 rings (SSSR count). The SMILES string of the molecule is CC(C)[Si](O[C@H]1CC[C@@H]1C(=O)OC(C(F)(F)F)C(F)(F)F)(C(C)C)C(C)C. The Morgan fingerprint density at radius 2 is 1.26 bits per heavy atom. The zero-order valence-corrected chi connectivity index (χ0v) is 17.4. The Labute approximate surface area is 156 Å². The van der Waals surface area contributed by atoms with Crippen molar-refractivity contribution in [2.45, 2.75) is 95.6 Å². The molecule has 1 fully saturated rings. The zero-order valence-electron chi connectivity index (χ0n) is 16.4. The minimum absolute atomic E-state index is 0.157. The van der Waals surface area contributed by atoms with Crippen LogP contribution in [-0.2, 0) is 14.0 Å². The molecule has 0 aromatic rings. The van der Waals surface area contributed by atoms with Crippen LogP contribution in [0, 0.1) is 5.92 Å². The topological polar surface area (TPSA) is 35.5 Å². The van der Waals surface area contributed by atoms with Crippen LogP contribution in [0.25, 0.3) is 0 Å². The molecule has 1 saturated carbocycles. The van der Waals surface area contributed by atoms with Gasteiger partial charge in [0.15, 0.2) is 0 Å². The fourth-order valence-electron chi connectivity index (χ4n) is 4.07. The van der Waals surface area contributed by atoms with Crippen LogP contribution < -0.4 is 0 Å². The van der Waals surface area contributed by atoms with Gasteiger partial charge in [-0.15, -0.1) is 0 Å². The quantitative estimate of drug-likeness (QED) is 0.287. The second-order valence-electron chi connectivity index (χ2n) is 8.06. The highest BCUT2D eigenvalue weighted by molar-refractivity contribution is 6.77. The van der Waals surface area contributed by atoms with Gasteiger partial charge in [0.1, 0.15) is 0 Å². The average Bonchev–Trinajstić information content (AvgIpc) is 2.40. The van der Waals surface area contributed by atoms with Crippen LogP contribution in [0.5, 0.6) is 0 Å². The minimum atomic E-state index is -5.71. The molecule has 2 atom stereocenters. The monoisotopic (exact) mass is 422 g/mol. The van der Waals surface area contributed by atoms with Gasteiger partial charge < -0.3 is 9.16 Å². The molecule has 0 heterocycles. The normalized spacial score (nSPS) is 21.9. The van der Waals surface area contributed by atoms with Crippen LogP contribution in [0.3, 0.4) is 0 Å². The molecule has 1 aliphatic rings. The third kappa shape index (κ3) is 5.19. The molecule has 0 radical (unpaired) electrons. The van der Waals surface area contributed by atoms with Gasteiger partial charge >= 0.3 is 18.3 Å². The smallest absolute Gasteiger partial charge is 0.434 e.